The zero-order chi connectivity index (χ0) is 11.0. The summed E-state index contributed by atoms with van der Waals surface area (Å²) in [6, 6.07) is 6.56. The number of aromatic nitrogens is 1. The Kier molecular flexibility index (Phi) is 2.32. The highest BCUT2D eigenvalue weighted by molar-refractivity contribution is 9.10. The standard InChI is InChI=1S/C10H6BrNO3/c11-7-3-1-2-5-6(7)4-8(10(14)15)12-9(5)13/h1-4H,(H,12,13)(H,14,15). The van der Waals surface area contributed by atoms with E-state index in [9.17, 15) is 9.59 Å². The van der Waals surface area contributed by atoms with Gasteiger partial charge in [-0.15, -0.1) is 0 Å². The van der Waals surface area contributed by atoms with Gasteiger partial charge in [-0.25, -0.2) is 4.79 Å². The van der Waals surface area contributed by atoms with E-state index in [0.29, 0.717) is 15.2 Å². The van der Waals surface area contributed by atoms with Crippen LogP contribution in [0.2, 0.25) is 0 Å². The van der Waals surface area contributed by atoms with Crippen molar-refractivity contribution in [1.82, 2.24) is 4.98 Å². The van der Waals surface area contributed by atoms with Gasteiger partial charge >= 0.3 is 5.97 Å². The van der Waals surface area contributed by atoms with Crippen molar-refractivity contribution in [3.8, 4) is 0 Å². The smallest absolute Gasteiger partial charge is 0.352 e. The first-order valence-electron chi connectivity index (χ1n) is 4.14. The van der Waals surface area contributed by atoms with E-state index in [2.05, 4.69) is 20.9 Å². The second kappa shape index (κ2) is 3.51. The molecular formula is C10H6BrNO3. The summed E-state index contributed by atoms with van der Waals surface area (Å²) in [5.74, 6) is -1.15. The average molecular weight is 268 g/mol. The van der Waals surface area contributed by atoms with Gasteiger partial charge < -0.3 is 10.1 Å². The summed E-state index contributed by atoms with van der Waals surface area (Å²) in [5.41, 5.74) is -0.509. The van der Waals surface area contributed by atoms with E-state index in [-0.39, 0.29) is 5.69 Å². The maximum Gasteiger partial charge on any atom is 0.352 e. The van der Waals surface area contributed by atoms with Crippen molar-refractivity contribution in [1.29, 1.82) is 0 Å². The predicted octanol–water partition coefficient (Wildman–Crippen LogP) is 1.99. The van der Waals surface area contributed by atoms with Crippen molar-refractivity contribution in [2.45, 2.75) is 0 Å². The van der Waals surface area contributed by atoms with Crippen molar-refractivity contribution in [3.63, 3.8) is 0 Å². The number of aromatic amines is 1. The van der Waals surface area contributed by atoms with Crippen LogP contribution in [0.25, 0.3) is 10.8 Å². The lowest BCUT2D eigenvalue weighted by molar-refractivity contribution is 0.0690. The lowest BCUT2D eigenvalue weighted by Gasteiger charge is -2.01. The van der Waals surface area contributed by atoms with E-state index in [1.54, 1.807) is 18.2 Å². The molecule has 0 aliphatic rings. The predicted molar refractivity (Wildman–Crippen MR) is 59.2 cm³/mol. The number of H-pyrrole nitrogens is 1. The molecule has 0 aliphatic carbocycles. The van der Waals surface area contributed by atoms with Gasteiger partial charge in [-0.05, 0) is 18.2 Å². The first-order valence-corrected chi connectivity index (χ1v) is 4.94. The minimum absolute atomic E-state index is 0.112. The fraction of sp³-hybridized carbons (Fsp3) is 0. The van der Waals surface area contributed by atoms with Gasteiger partial charge in [0.2, 0.25) is 0 Å². The molecule has 0 atom stereocenters. The molecule has 15 heavy (non-hydrogen) atoms. The highest BCUT2D eigenvalue weighted by Gasteiger charge is 2.08. The SMILES string of the molecule is O=C(O)c1cc2c(Br)cccc2c(=O)[nH]1. The van der Waals surface area contributed by atoms with E-state index < -0.39 is 11.5 Å². The first kappa shape index (κ1) is 9.92. The molecule has 5 heteroatoms. The number of carboxylic acids is 1. The van der Waals surface area contributed by atoms with Crippen LogP contribution in [0.15, 0.2) is 33.5 Å². The summed E-state index contributed by atoms with van der Waals surface area (Å²) in [7, 11) is 0. The molecule has 2 rings (SSSR count). The second-order valence-corrected chi connectivity index (χ2v) is 3.87. The Labute approximate surface area is 92.7 Å². The number of carbonyl (C=O) groups is 1. The van der Waals surface area contributed by atoms with Crippen molar-refractivity contribution in [2.24, 2.45) is 0 Å². The molecular weight excluding hydrogens is 262 g/mol. The normalized spacial score (nSPS) is 10.5. The quantitative estimate of drug-likeness (QED) is 0.830. The van der Waals surface area contributed by atoms with Crippen molar-refractivity contribution in [2.75, 3.05) is 0 Å². The molecule has 1 heterocycles. The van der Waals surface area contributed by atoms with E-state index in [1.165, 1.54) is 6.07 Å². The third kappa shape index (κ3) is 1.66. The van der Waals surface area contributed by atoms with Crippen LogP contribution in [-0.2, 0) is 0 Å². The third-order valence-corrected chi connectivity index (χ3v) is 2.76. The van der Waals surface area contributed by atoms with Gasteiger partial charge in [-0.3, -0.25) is 4.79 Å². The Morgan fingerprint density at radius 3 is 2.73 bits per heavy atom. The van der Waals surface area contributed by atoms with Crippen LogP contribution >= 0.6 is 15.9 Å². The van der Waals surface area contributed by atoms with Crippen molar-refractivity contribution >= 4 is 32.7 Å². The number of hydrogen-bond acceptors (Lipinski definition) is 2. The number of hydrogen-bond donors (Lipinski definition) is 2. The van der Waals surface area contributed by atoms with Gasteiger partial charge in [0, 0.05) is 15.2 Å². The number of fused-ring (bicyclic) bond motifs is 1. The lowest BCUT2D eigenvalue weighted by Crippen LogP contribution is -2.12. The van der Waals surface area contributed by atoms with Gasteiger partial charge in [0.25, 0.3) is 5.56 Å². The number of aromatic carboxylic acids is 1. The van der Waals surface area contributed by atoms with Gasteiger partial charge in [-0.1, -0.05) is 22.0 Å². The van der Waals surface area contributed by atoms with E-state index in [1.807, 2.05) is 0 Å². The minimum Gasteiger partial charge on any atom is -0.477 e. The monoisotopic (exact) mass is 267 g/mol. The molecule has 0 fully saturated rings. The van der Waals surface area contributed by atoms with Gasteiger partial charge in [0.05, 0.1) is 0 Å². The Hall–Kier alpha value is -1.62. The fourth-order valence-corrected chi connectivity index (χ4v) is 1.85. The van der Waals surface area contributed by atoms with Crippen LogP contribution in [0.4, 0.5) is 0 Å². The Morgan fingerprint density at radius 2 is 2.07 bits per heavy atom. The number of carboxylic acid groups (broad SMARTS) is 1. The molecule has 1 aromatic carbocycles. The number of pyridine rings is 1. The third-order valence-electron chi connectivity index (χ3n) is 2.06. The first-order chi connectivity index (χ1) is 7.09. The Bertz CT molecular complexity index is 603. The zero-order valence-electron chi connectivity index (χ0n) is 7.45. The molecule has 1 aromatic heterocycles. The van der Waals surface area contributed by atoms with Gasteiger partial charge in [-0.2, -0.15) is 0 Å². The maximum atomic E-state index is 11.5. The second-order valence-electron chi connectivity index (χ2n) is 3.02. The molecule has 0 saturated carbocycles. The minimum atomic E-state index is -1.15. The molecule has 4 nitrogen and oxygen atoms in total. The molecule has 0 radical (unpaired) electrons. The summed E-state index contributed by atoms with van der Waals surface area (Å²) < 4.78 is 0.702. The number of nitrogens with one attached hydrogen (secondary N) is 1. The van der Waals surface area contributed by atoms with Crippen LogP contribution in [0.1, 0.15) is 10.5 Å². The highest BCUT2D eigenvalue weighted by Crippen LogP contribution is 2.21. The molecule has 76 valence electrons. The molecule has 2 N–H and O–H groups in total. The van der Waals surface area contributed by atoms with E-state index in [4.69, 9.17) is 5.11 Å². The molecule has 2 aromatic rings. The molecule has 0 aliphatic heterocycles. The highest BCUT2D eigenvalue weighted by atomic mass is 79.9. The maximum absolute atomic E-state index is 11.5. The van der Waals surface area contributed by atoms with Gasteiger partial charge in [0.1, 0.15) is 5.69 Å². The topological polar surface area (TPSA) is 70.2 Å². The largest absolute Gasteiger partial charge is 0.477 e. The summed E-state index contributed by atoms with van der Waals surface area (Å²) in [5, 5.41) is 9.84. The summed E-state index contributed by atoms with van der Waals surface area (Å²) in [4.78, 5) is 24.5. The summed E-state index contributed by atoms with van der Waals surface area (Å²) in [6.07, 6.45) is 0. The van der Waals surface area contributed by atoms with Crippen molar-refractivity contribution in [3.05, 3.63) is 44.8 Å². The van der Waals surface area contributed by atoms with Crippen LogP contribution in [0, 0.1) is 0 Å². The summed E-state index contributed by atoms with van der Waals surface area (Å²) >= 11 is 3.27. The van der Waals surface area contributed by atoms with Crippen molar-refractivity contribution < 1.29 is 9.90 Å². The number of halogens is 1. The molecule has 0 saturated heterocycles. The van der Waals surface area contributed by atoms with Crippen LogP contribution in [0.5, 0.6) is 0 Å². The molecule has 0 unspecified atom stereocenters. The Balaban J connectivity index is 2.92. The molecule has 0 amide bonds. The van der Waals surface area contributed by atoms with E-state index in [0.717, 1.165) is 0 Å². The average Bonchev–Trinajstić information content (AvgIpc) is 2.19. The molecule has 0 bridgehead atoms. The molecule has 0 spiro atoms. The number of rotatable bonds is 1. The van der Waals surface area contributed by atoms with E-state index >= 15 is 0 Å². The van der Waals surface area contributed by atoms with Crippen LogP contribution in [0.3, 0.4) is 0 Å². The summed E-state index contributed by atoms with van der Waals surface area (Å²) in [6.45, 7) is 0. The fourth-order valence-electron chi connectivity index (χ4n) is 1.37. The number of benzene rings is 1. The van der Waals surface area contributed by atoms with Gasteiger partial charge in [0.15, 0.2) is 0 Å². The Morgan fingerprint density at radius 1 is 1.33 bits per heavy atom. The van der Waals surface area contributed by atoms with Crippen LogP contribution in [-0.4, -0.2) is 16.1 Å². The van der Waals surface area contributed by atoms with Crippen LogP contribution < -0.4 is 5.56 Å². The zero-order valence-corrected chi connectivity index (χ0v) is 9.04. The lowest BCUT2D eigenvalue weighted by atomic mass is 10.1.